The van der Waals surface area contributed by atoms with Gasteiger partial charge in [-0.1, -0.05) is 31.0 Å². The molecular weight excluding hydrogens is 338 g/mol. The van der Waals surface area contributed by atoms with Gasteiger partial charge < -0.3 is 16.0 Å². The molecule has 5 nitrogen and oxygen atoms in total. The van der Waals surface area contributed by atoms with Crippen LogP contribution in [0.1, 0.15) is 30.1 Å². The van der Waals surface area contributed by atoms with Gasteiger partial charge in [0.05, 0.1) is 6.54 Å². The smallest absolute Gasteiger partial charge is 0.251 e. The van der Waals surface area contributed by atoms with Crippen LogP contribution in [0.2, 0.25) is 5.02 Å². The lowest BCUT2D eigenvalue weighted by atomic mass is 10.2. The summed E-state index contributed by atoms with van der Waals surface area (Å²) in [7, 11) is 0. The standard InChI is InChI=1S/C19H22ClN3O2/c1-2-3-11-21-19(25)14-5-4-6-17(12-14)23-18(24)13-22-16-9-7-15(20)8-10-16/h4-10,12,22H,2-3,11,13H2,1H3,(H,21,25)(H,23,24). The summed E-state index contributed by atoms with van der Waals surface area (Å²) < 4.78 is 0. The normalized spacial score (nSPS) is 10.2. The molecule has 0 saturated heterocycles. The monoisotopic (exact) mass is 359 g/mol. The molecule has 0 bridgehead atoms. The number of nitrogens with one attached hydrogen (secondary N) is 3. The molecule has 0 aromatic heterocycles. The van der Waals surface area contributed by atoms with Crippen LogP contribution in [0.5, 0.6) is 0 Å². The van der Waals surface area contributed by atoms with Crippen LogP contribution < -0.4 is 16.0 Å². The van der Waals surface area contributed by atoms with Crippen LogP contribution in [0.3, 0.4) is 0 Å². The highest BCUT2D eigenvalue weighted by molar-refractivity contribution is 6.30. The van der Waals surface area contributed by atoms with Crippen LogP contribution in [-0.4, -0.2) is 24.9 Å². The number of carbonyl (C=O) groups excluding carboxylic acids is 2. The van der Waals surface area contributed by atoms with Gasteiger partial charge in [0.15, 0.2) is 0 Å². The second-order valence-electron chi connectivity index (χ2n) is 5.60. The molecule has 25 heavy (non-hydrogen) atoms. The van der Waals surface area contributed by atoms with E-state index in [0.717, 1.165) is 18.5 Å². The third-order valence-corrected chi connectivity index (χ3v) is 3.77. The molecule has 2 aromatic carbocycles. The number of hydrogen-bond acceptors (Lipinski definition) is 3. The van der Waals surface area contributed by atoms with Crippen molar-refractivity contribution in [2.45, 2.75) is 19.8 Å². The fourth-order valence-corrected chi connectivity index (χ4v) is 2.30. The minimum atomic E-state index is -0.196. The summed E-state index contributed by atoms with van der Waals surface area (Å²) >= 11 is 5.82. The molecule has 0 unspecified atom stereocenters. The molecule has 0 spiro atoms. The highest BCUT2D eigenvalue weighted by Crippen LogP contribution is 2.14. The zero-order valence-electron chi connectivity index (χ0n) is 14.1. The van der Waals surface area contributed by atoms with Crippen LogP contribution in [-0.2, 0) is 4.79 Å². The molecule has 0 fully saturated rings. The Bertz CT molecular complexity index is 717. The van der Waals surface area contributed by atoms with Crippen molar-refractivity contribution in [2.75, 3.05) is 23.7 Å². The molecule has 3 N–H and O–H groups in total. The summed E-state index contributed by atoms with van der Waals surface area (Å²) in [6, 6.07) is 14.0. The topological polar surface area (TPSA) is 70.2 Å². The molecule has 0 saturated carbocycles. The predicted octanol–water partition coefficient (Wildman–Crippen LogP) is 3.92. The first-order chi connectivity index (χ1) is 12.1. The Morgan fingerprint density at radius 3 is 2.52 bits per heavy atom. The van der Waals surface area contributed by atoms with E-state index in [1.54, 1.807) is 48.5 Å². The number of halogens is 1. The molecule has 2 aromatic rings. The van der Waals surface area contributed by atoms with Gasteiger partial charge in [-0.2, -0.15) is 0 Å². The van der Waals surface area contributed by atoms with E-state index in [-0.39, 0.29) is 18.4 Å². The van der Waals surface area contributed by atoms with Gasteiger partial charge in [-0.3, -0.25) is 9.59 Å². The molecule has 0 heterocycles. The van der Waals surface area contributed by atoms with Crippen LogP contribution >= 0.6 is 11.6 Å². The summed E-state index contributed by atoms with van der Waals surface area (Å²) in [5, 5.41) is 9.29. The van der Waals surface area contributed by atoms with Crippen LogP contribution in [0.25, 0.3) is 0 Å². The van der Waals surface area contributed by atoms with E-state index in [1.165, 1.54) is 0 Å². The molecule has 0 radical (unpaired) electrons. The van der Waals surface area contributed by atoms with Crippen molar-refractivity contribution < 1.29 is 9.59 Å². The Kier molecular flexibility index (Phi) is 7.29. The number of amides is 2. The maximum absolute atomic E-state index is 12.0. The number of rotatable bonds is 8. The number of anilines is 2. The summed E-state index contributed by atoms with van der Waals surface area (Å²) in [4.78, 5) is 24.1. The highest BCUT2D eigenvalue weighted by atomic mass is 35.5. The van der Waals surface area contributed by atoms with Crippen molar-refractivity contribution in [3.63, 3.8) is 0 Å². The fourth-order valence-electron chi connectivity index (χ4n) is 2.17. The third-order valence-electron chi connectivity index (χ3n) is 3.52. The SMILES string of the molecule is CCCCNC(=O)c1cccc(NC(=O)CNc2ccc(Cl)cc2)c1. The number of benzene rings is 2. The third kappa shape index (κ3) is 6.47. The lowest BCUT2D eigenvalue weighted by Crippen LogP contribution is -2.25. The second kappa shape index (κ2) is 9.69. The van der Waals surface area contributed by atoms with E-state index >= 15 is 0 Å². The Balaban J connectivity index is 1.86. The molecule has 6 heteroatoms. The zero-order valence-corrected chi connectivity index (χ0v) is 14.9. The van der Waals surface area contributed by atoms with Crippen molar-refractivity contribution in [3.05, 3.63) is 59.1 Å². The van der Waals surface area contributed by atoms with E-state index < -0.39 is 0 Å². The first kappa shape index (κ1) is 18.8. The van der Waals surface area contributed by atoms with E-state index in [2.05, 4.69) is 22.9 Å². The highest BCUT2D eigenvalue weighted by Gasteiger charge is 2.07. The molecule has 0 aliphatic carbocycles. The van der Waals surface area contributed by atoms with Gasteiger partial charge in [0.25, 0.3) is 5.91 Å². The van der Waals surface area contributed by atoms with Gasteiger partial charge in [0, 0.05) is 28.5 Å². The van der Waals surface area contributed by atoms with Crippen molar-refractivity contribution in [1.82, 2.24) is 5.32 Å². The minimum Gasteiger partial charge on any atom is -0.376 e. The largest absolute Gasteiger partial charge is 0.376 e. The van der Waals surface area contributed by atoms with Gasteiger partial charge in [-0.05, 0) is 48.9 Å². The van der Waals surface area contributed by atoms with Gasteiger partial charge in [0.1, 0.15) is 0 Å². The van der Waals surface area contributed by atoms with E-state index in [4.69, 9.17) is 11.6 Å². The van der Waals surface area contributed by atoms with Gasteiger partial charge in [-0.25, -0.2) is 0 Å². The number of carbonyl (C=O) groups is 2. The summed E-state index contributed by atoms with van der Waals surface area (Å²) in [5.74, 6) is -0.331. The molecule has 0 aliphatic heterocycles. The minimum absolute atomic E-state index is 0.120. The van der Waals surface area contributed by atoms with Crippen molar-refractivity contribution in [3.8, 4) is 0 Å². The van der Waals surface area contributed by atoms with E-state index in [1.807, 2.05) is 0 Å². The first-order valence-corrected chi connectivity index (χ1v) is 8.64. The Labute approximate surface area is 152 Å². The Hall–Kier alpha value is -2.53. The second-order valence-corrected chi connectivity index (χ2v) is 6.04. The van der Waals surface area contributed by atoms with E-state index in [9.17, 15) is 9.59 Å². The number of unbranched alkanes of at least 4 members (excludes halogenated alkanes) is 1. The fraction of sp³-hybridized carbons (Fsp3) is 0.263. The average molecular weight is 360 g/mol. The predicted molar refractivity (Wildman–Crippen MR) is 102 cm³/mol. The quantitative estimate of drug-likeness (QED) is 0.625. The van der Waals surface area contributed by atoms with Crippen molar-refractivity contribution >= 4 is 34.8 Å². The van der Waals surface area contributed by atoms with Crippen molar-refractivity contribution in [1.29, 1.82) is 0 Å². The zero-order chi connectivity index (χ0) is 18.1. The lowest BCUT2D eigenvalue weighted by molar-refractivity contribution is -0.114. The Morgan fingerprint density at radius 1 is 1.04 bits per heavy atom. The molecule has 2 rings (SSSR count). The molecule has 132 valence electrons. The maximum Gasteiger partial charge on any atom is 0.251 e. The lowest BCUT2D eigenvalue weighted by Gasteiger charge is -2.09. The molecule has 2 amide bonds. The molecule has 0 aliphatic rings. The summed E-state index contributed by atoms with van der Waals surface area (Å²) in [6.07, 6.45) is 1.97. The maximum atomic E-state index is 12.0. The van der Waals surface area contributed by atoms with Crippen molar-refractivity contribution in [2.24, 2.45) is 0 Å². The average Bonchev–Trinajstić information content (AvgIpc) is 2.61. The summed E-state index contributed by atoms with van der Waals surface area (Å²) in [6.45, 7) is 2.84. The molecule has 0 atom stereocenters. The summed E-state index contributed by atoms with van der Waals surface area (Å²) in [5.41, 5.74) is 1.93. The van der Waals surface area contributed by atoms with Gasteiger partial charge in [0.2, 0.25) is 5.91 Å². The van der Waals surface area contributed by atoms with Crippen LogP contribution in [0, 0.1) is 0 Å². The first-order valence-electron chi connectivity index (χ1n) is 8.26. The molecular formula is C19H22ClN3O2. The Morgan fingerprint density at radius 2 is 1.80 bits per heavy atom. The van der Waals surface area contributed by atoms with Crippen LogP contribution in [0.15, 0.2) is 48.5 Å². The van der Waals surface area contributed by atoms with Crippen LogP contribution in [0.4, 0.5) is 11.4 Å². The van der Waals surface area contributed by atoms with Gasteiger partial charge in [-0.15, -0.1) is 0 Å². The number of hydrogen-bond donors (Lipinski definition) is 3. The van der Waals surface area contributed by atoms with E-state index in [0.29, 0.717) is 22.8 Å². The van der Waals surface area contributed by atoms with Gasteiger partial charge >= 0.3 is 0 Å².